The number of sulfonamides is 1. The first-order valence-electron chi connectivity index (χ1n) is 13.7. The molecule has 3 aromatic rings. The highest BCUT2D eigenvalue weighted by Gasteiger charge is 2.33. The normalized spacial score (nSPS) is 13.4. The van der Waals surface area contributed by atoms with Crippen molar-refractivity contribution in [2.24, 2.45) is 5.92 Å². The molecule has 4 rings (SSSR count). The van der Waals surface area contributed by atoms with Crippen molar-refractivity contribution in [3.05, 3.63) is 89.7 Å². The minimum atomic E-state index is -3.94. The third kappa shape index (κ3) is 8.22. The smallest absolute Gasteiger partial charge is 0.244 e. The molecule has 11 heteroatoms. The summed E-state index contributed by atoms with van der Waals surface area (Å²) in [7, 11) is -3.94. The van der Waals surface area contributed by atoms with Crippen LogP contribution in [0.4, 0.5) is 10.1 Å². The fourth-order valence-corrected chi connectivity index (χ4v) is 5.41. The van der Waals surface area contributed by atoms with Crippen molar-refractivity contribution < 1.29 is 31.9 Å². The number of ether oxygens (including phenoxy) is 2. The second-order valence-electron chi connectivity index (χ2n) is 10.6. The Morgan fingerprint density at radius 3 is 2.24 bits per heavy atom. The van der Waals surface area contributed by atoms with Crippen molar-refractivity contribution in [1.82, 2.24) is 10.2 Å². The van der Waals surface area contributed by atoms with Gasteiger partial charge in [-0.1, -0.05) is 56.3 Å². The molecule has 224 valence electrons. The molecule has 0 unspecified atom stereocenters. The number of hydrogen-bond acceptors (Lipinski definition) is 6. The Hall–Kier alpha value is -4.12. The minimum Gasteiger partial charge on any atom is -0.486 e. The largest absolute Gasteiger partial charge is 0.486 e. The molecule has 0 aromatic heterocycles. The summed E-state index contributed by atoms with van der Waals surface area (Å²) in [6.45, 7) is 4.41. The third-order valence-corrected chi connectivity index (χ3v) is 7.86. The number of halogens is 1. The van der Waals surface area contributed by atoms with Gasteiger partial charge < -0.3 is 19.7 Å². The van der Waals surface area contributed by atoms with Crippen LogP contribution >= 0.6 is 0 Å². The van der Waals surface area contributed by atoms with Crippen LogP contribution in [-0.4, -0.2) is 63.7 Å². The first kappa shape index (κ1) is 30.8. The average Bonchev–Trinajstić information content (AvgIpc) is 2.97. The highest BCUT2D eigenvalue weighted by molar-refractivity contribution is 7.92. The van der Waals surface area contributed by atoms with Gasteiger partial charge in [0.1, 0.15) is 31.6 Å². The fourth-order valence-electron chi connectivity index (χ4n) is 4.56. The molecular formula is C31H36FN3O6S. The van der Waals surface area contributed by atoms with Gasteiger partial charge in [0.15, 0.2) is 11.5 Å². The number of benzene rings is 3. The van der Waals surface area contributed by atoms with E-state index in [1.807, 2.05) is 44.2 Å². The molecule has 0 spiro atoms. The molecule has 1 atom stereocenters. The zero-order valence-electron chi connectivity index (χ0n) is 24.0. The molecule has 9 nitrogen and oxygen atoms in total. The van der Waals surface area contributed by atoms with Crippen LogP contribution in [0.2, 0.25) is 0 Å². The summed E-state index contributed by atoms with van der Waals surface area (Å²) in [6.07, 6.45) is 1.21. The van der Waals surface area contributed by atoms with E-state index < -0.39 is 34.3 Å². The minimum absolute atomic E-state index is 0.0372. The summed E-state index contributed by atoms with van der Waals surface area (Å²) in [5.41, 5.74) is 1.64. The van der Waals surface area contributed by atoms with Crippen LogP contribution in [0.5, 0.6) is 11.5 Å². The summed E-state index contributed by atoms with van der Waals surface area (Å²) in [5.74, 6) is -0.378. The number of carbonyl (C=O) groups excluding carboxylic acids is 2. The Balaban J connectivity index is 1.71. The van der Waals surface area contributed by atoms with E-state index in [9.17, 15) is 22.4 Å². The molecule has 1 N–H and O–H groups in total. The van der Waals surface area contributed by atoms with E-state index in [-0.39, 0.29) is 30.5 Å². The highest BCUT2D eigenvalue weighted by Crippen LogP contribution is 2.34. The Morgan fingerprint density at radius 2 is 1.60 bits per heavy atom. The average molecular weight is 598 g/mol. The van der Waals surface area contributed by atoms with Gasteiger partial charge in [0.25, 0.3) is 0 Å². The monoisotopic (exact) mass is 597 g/mol. The number of amides is 2. The summed E-state index contributed by atoms with van der Waals surface area (Å²) >= 11 is 0. The van der Waals surface area contributed by atoms with Crippen molar-refractivity contribution >= 4 is 27.5 Å². The molecular weight excluding hydrogens is 561 g/mol. The zero-order valence-corrected chi connectivity index (χ0v) is 24.8. The van der Waals surface area contributed by atoms with Crippen molar-refractivity contribution in [2.75, 3.05) is 36.9 Å². The van der Waals surface area contributed by atoms with E-state index in [0.29, 0.717) is 36.8 Å². The molecule has 0 bridgehead atoms. The molecule has 1 heterocycles. The number of anilines is 1. The van der Waals surface area contributed by atoms with E-state index in [1.165, 1.54) is 35.2 Å². The summed E-state index contributed by atoms with van der Waals surface area (Å²) in [4.78, 5) is 29.1. The highest BCUT2D eigenvalue weighted by atomic mass is 32.2. The maximum Gasteiger partial charge on any atom is 0.244 e. The Labute approximate surface area is 246 Å². The molecule has 0 fully saturated rings. The van der Waals surface area contributed by atoms with E-state index >= 15 is 0 Å². The van der Waals surface area contributed by atoms with Crippen LogP contribution in [0, 0.1) is 11.7 Å². The molecule has 0 radical (unpaired) electrons. The van der Waals surface area contributed by atoms with Crippen molar-refractivity contribution in [2.45, 2.75) is 32.9 Å². The number of fused-ring (bicyclic) bond motifs is 1. The number of carbonyl (C=O) groups is 2. The molecule has 1 aliphatic heterocycles. The van der Waals surface area contributed by atoms with Gasteiger partial charge in [-0.2, -0.15) is 0 Å². The van der Waals surface area contributed by atoms with Crippen LogP contribution in [-0.2, 0) is 32.6 Å². The lowest BCUT2D eigenvalue weighted by Crippen LogP contribution is -2.53. The van der Waals surface area contributed by atoms with Gasteiger partial charge in [0, 0.05) is 25.6 Å². The Kier molecular flexibility index (Phi) is 10.1. The summed E-state index contributed by atoms with van der Waals surface area (Å²) < 4.78 is 51.8. The first-order valence-corrected chi connectivity index (χ1v) is 15.6. The molecule has 0 saturated heterocycles. The number of rotatable bonds is 12. The molecule has 2 amide bonds. The van der Waals surface area contributed by atoms with Crippen molar-refractivity contribution in [3.8, 4) is 11.5 Å². The zero-order chi connectivity index (χ0) is 30.3. The molecule has 0 aliphatic carbocycles. The lowest BCUT2D eigenvalue weighted by atomic mass is 10.0. The SMILES string of the molecule is CC(C)CNC(=O)[C@@H](Cc1ccccc1)N(Cc1ccc(F)cc1)C(=O)CN(c1ccc2c(c1)OCCO2)S(C)(=O)=O. The van der Waals surface area contributed by atoms with E-state index in [2.05, 4.69) is 5.32 Å². The maximum atomic E-state index is 14.1. The maximum absolute atomic E-state index is 14.1. The van der Waals surface area contributed by atoms with Crippen LogP contribution in [0.25, 0.3) is 0 Å². The van der Waals surface area contributed by atoms with Crippen LogP contribution in [0.15, 0.2) is 72.8 Å². The second kappa shape index (κ2) is 13.7. The van der Waals surface area contributed by atoms with Crippen LogP contribution in [0.1, 0.15) is 25.0 Å². The summed E-state index contributed by atoms with van der Waals surface area (Å²) in [6, 6.07) is 18.6. The number of hydrogen-bond donors (Lipinski definition) is 1. The molecule has 42 heavy (non-hydrogen) atoms. The second-order valence-corrected chi connectivity index (χ2v) is 12.5. The van der Waals surface area contributed by atoms with Gasteiger partial charge in [-0.05, 0) is 41.3 Å². The van der Waals surface area contributed by atoms with Gasteiger partial charge in [-0.3, -0.25) is 13.9 Å². The quantitative estimate of drug-likeness (QED) is 0.341. The van der Waals surface area contributed by atoms with Gasteiger partial charge in [-0.25, -0.2) is 12.8 Å². The molecule has 0 saturated carbocycles. The van der Waals surface area contributed by atoms with Crippen molar-refractivity contribution in [3.63, 3.8) is 0 Å². The van der Waals surface area contributed by atoms with Crippen LogP contribution < -0.4 is 19.1 Å². The standard InChI is InChI=1S/C31H36FN3O6S/c1-22(2)19-33-31(37)27(17-23-7-5-4-6-8-23)34(20-24-9-11-25(32)12-10-24)30(36)21-35(42(3,38)39)26-13-14-28-29(18-26)41-16-15-40-28/h4-14,18,22,27H,15-17,19-21H2,1-3H3,(H,33,37)/t27-/m1/s1. The predicted octanol–water partition coefficient (Wildman–Crippen LogP) is 3.78. The van der Waals surface area contributed by atoms with E-state index in [4.69, 9.17) is 9.47 Å². The predicted molar refractivity (Wildman–Crippen MR) is 158 cm³/mol. The van der Waals surface area contributed by atoms with Crippen LogP contribution in [0.3, 0.4) is 0 Å². The topological polar surface area (TPSA) is 105 Å². The lowest BCUT2D eigenvalue weighted by Gasteiger charge is -2.34. The lowest BCUT2D eigenvalue weighted by molar-refractivity contribution is -0.140. The number of nitrogens with zero attached hydrogens (tertiary/aromatic N) is 2. The first-order chi connectivity index (χ1) is 20.0. The van der Waals surface area contributed by atoms with Gasteiger partial charge in [0.05, 0.1) is 11.9 Å². The van der Waals surface area contributed by atoms with Gasteiger partial charge >= 0.3 is 0 Å². The van der Waals surface area contributed by atoms with Gasteiger partial charge in [-0.15, -0.1) is 0 Å². The van der Waals surface area contributed by atoms with E-state index in [1.54, 1.807) is 12.1 Å². The Bertz CT molecular complexity index is 1480. The molecule has 3 aromatic carbocycles. The third-order valence-electron chi connectivity index (χ3n) is 6.71. The fraction of sp³-hybridized carbons (Fsp3) is 0.355. The number of nitrogens with one attached hydrogen (secondary N) is 1. The van der Waals surface area contributed by atoms with Gasteiger partial charge in [0.2, 0.25) is 21.8 Å². The van der Waals surface area contributed by atoms with Crippen molar-refractivity contribution in [1.29, 1.82) is 0 Å². The summed E-state index contributed by atoms with van der Waals surface area (Å²) in [5, 5.41) is 2.93. The van der Waals surface area contributed by atoms with E-state index in [0.717, 1.165) is 16.1 Å². The molecule has 1 aliphatic rings. The Morgan fingerprint density at radius 1 is 0.929 bits per heavy atom.